The highest BCUT2D eigenvalue weighted by molar-refractivity contribution is 5.78. The predicted molar refractivity (Wildman–Crippen MR) is 77.2 cm³/mol. The summed E-state index contributed by atoms with van der Waals surface area (Å²) in [5, 5.41) is 3.42. The minimum absolute atomic E-state index is 0.105. The van der Waals surface area contributed by atoms with Crippen molar-refractivity contribution in [2.24, 2.45) is 5.92 Å². The first-order valence-electron chi connectivity index (χ1n) is 7.47. The Labute approximate surface area is 120 Å². The Morgan fingerprint density at radius 2 is 2.15 bits per heavy atom. The number of nitrogens with one attached hydrogen (secondary N) is 1. The number of rotatable bonds is 3. The molecule has 4 heteroatoms. The number of hydrogen-bond acceptors (Lipinski definition) is 3. The summed E-state index contributed by atoms with van der Waals surface area (Å²) in [5.41, 5.74) is 1.18. The number of benzene rings is 1. The molecule has 2 heterocycles. The van der Waals surface area contributed by atoms with Crippen LogP contribution >= 0.6 is 0 Å². The lowest BCUT2D eigenvalue weighted by atomic mass is 9.92. The van der Waals surface area contributed by atoms with Gasteiger partial charge in [0.2, 0.25) is 5.91 Å². The Hall–Kier alpha value is -1.39. The number of carbonyl (C=O) groups is 1. The molecular formula is C16H22N2O2. The summed E-state index contributed by atoms with van der Waals surface area (Å²) < 4.78 is 5.77. The van der Waals surface area contributed by atoms with Crippen molar-refractivity contribution in [3.63, 3.8) is 0 Å². The number of nitrogens with zero attached hydrogens (tertiary/aromatic N) is 1. The first-order chi connectivity index (χ1) is 9.83. The lowest BCUT2D eigenvalue weighted by molar-refractivity contribution is -0.153. The molecule has 2 fully saturated rings. The van der Waals surface area contributed by atoms with Crippen LogP contribution in [-0.2, 0) is 16.1 Å². The van der Waals surface area contributed by atoms with Crippen molar-refractivity contribution in [1.82, 2.24) is 10.2 Å². The van der Waals surface area contributed by atoms with Gasteiger partial charge in [0, 0.05) is 19.6 Å². The first kappa shape index (κ1) is 13.6. The van der Waals surface area contributed by atoms with Crippen LogP contribution in [0.2, 0.25) is 0 Å². The van der Waals surface area contributed by atoms with Crippen LogP contribution in [0.5, 0.6) is 0 Å². The number of morpholine rings is 1. The quantitative estimate of drug-likeness (QED) is 0.906. The normalized spacial score (nSPS) is 27.6. The molecule has 0 bridgehead atoms. The highest BCUT2D eigenvalue weighted by Gasteiger charge is 2.32. The number of hydrogen-bond donors (Lipinski definition) is 1. The van der Waals surface area contributed by atoms with Gasteiger partial charge >= 0.3 is 0 Å². The van der Waals surface area contributed by atoms with E-state index in [0.29, 0.717) is 12.5 Å². The molecule has 1 aromatic carbocycles. The van der Waals surface area contributed by atoms with Gasteiger partial charge in [-0.3, -0.25) is 4.79 Å². The molecule has 1 aromatic rings. The van der Waals surface area contributed by atoms with Gasteiger partial charge in [-0.05, 0) is 30.9 Å². The molecule has 1 amide bonds. The van der Waals surface area contributed by atoms with E-state index in [1.807, 2.05) is 23.1 Å². The van der Waals surface area contributed by atoms with Crippen LogP contribution < -0.4 is 5.32 Å². The van der Waals surface area contributed by atoms with Crippen molar-refractivity contribution in [3.05, 3.63) is 35.9 Å². The summed E-state index contributed by atoms with van der Waals surface area (Å²) in [6.07, 6.45) is 2.59. The summed E-state index contributed by atoms with van der Waals surface area (Å²) in [4.78, 5) is 14.0. The van der Waals surface area contributed by atoms with Gasteiger partial charge in [0.05, 0.1) is 6.10 Å². The molecule has 2 unspecified atom stereocenters. The van der Waals surface area contributed by atoms with Gasteiger partial charge in [0.15, 0.2) is 0 Å². The van der Waals surface area contributed by atoms with Gasteiger partial charge in [-0.2, -0.15) is 0 Å². The maximum atomic E-state index is 12.0. The van der Waals surface area contributed by atoms with Crippen LogP contribution in [0.4, 0.5) is 0 Å². The monoisotopic (exact) mass is 274 g/mol. The van der Waals surface area contributed by atoms with Crippen LogP contribution in [0.15, 0.2) is 30.3 Å². The predicted octanol–water partition coefficient (Wildman–Crippen LogP) is 1.41. The molecular weight excluding hydrogens is 252 g/mol. The zero-order chi connectivity index (χ0) is 13.8. The van der Waals surface area contributed by atoms with Crippen molar-refractivity contribution in [1.29, 1.82) is 0 Å². The molecule has 108 valence electrons. The topological polar surface area (TPSA) is 41.6 Å². The van der Waals surface area contributed by atoms with E-state index in [-0.39, 0.29) is 18.6 Å². The molecule has 0 aromatic heterocycles. The van der Waals surface area contributed by atoms with E-state index in [4.69, 9.17) is 4.74 Å². The van der Waals surface area contributed by atoms with Gasteiger partial charge in [-0.1, -0.05) is 30.3 Å². The summed E-state index contributed by atoms with van der Waals surface area (Å²) >= 11 is 0. The molecule has 0 spiro atoms. The zero-order valence-electron chi connectivity index (χ0n) is 11.8. The molecule has 2 saturated heterocycles. The second-order valence-corrected chi connectivity index (χ2v) is 5.72. The van der Waals surface area contributed by atoms with Gasteiger partial charge in [0.25, 0.3) is 0 Å². The maximum absolute atomic E-state index is 12.0. The SMILES string of the molecule is O=C1COC(C2CCCNC2)CN1Cc1ccccc1. The fraction of sp³-hybridized carbons (Fsp3) is 0.562. The Kier molecular flexibility index (Phi) is 4.33. The van der Waals surface area contributed by atoms with E-state index in [1.165, 1.54) is 18.4 Å². The van der Waals surface area contributed by atoms with Crippen molar-refractivity contribution < 1.29 is 9.53 Å². The highest BCUT2D eigenvalue weighted by atomic mass is 16.5. The molecule has 2 atom stereocenters. The van der Waals surface area contributed by atoms with Gasteiger partial charge in [0.1, 0.15) is 6.61 Å². The van der Waals surface area contributed by atoms with Crippen molar-refractivity contribution >= 4 is 5.91 Å². The highest BCUT2D eigenvalue weighted by Crippen LogP contribution is 2.22. The zero-order valence-corrected chi connectivity index (χ0v) is 11.8. The summed E-state index contributed by atoms with van der Waals surface area (Å²) in [7, 11) is 0. The third kappa shape index (κ3) is 3.19. The van der Waals surface area contributed by atoms with Crippen LogP contribution in [-0.4, -0.2) is 43.2 Å². The largest absolute Gasteiger partial charge is 0.366 e. The number of ether oxygens (including phenoxy) is 1. The number of piperidine rings is 1. The average Bonchev–Trinajstić information content (AvgIpc) is 2.51. The molecule has 2 aliphatic heterocycles. The third-order valence-corrected chi connectivity index (χ3v) is 4.25. The standard InChI is InChI=1S/C16H22N2O2/c19-16-12-20-15(14-7-4-8-17-9-14)11-18(16)10-13-5-2-1-3-6-13/h1-3,5-6,14-15,17H,4,7-12H2. The Balaban J connectivity index is 1.62. The second kappa shape index (κ2) is 6.37. The van der Waals surface area contributed by atoms with Gasteiger partial charge in [-0.15, -0.1) is 0 Å². The van der Waals surface area contributed by atoms with Crippen molar-refractivity contribution in [3.8, 4) is 0 Å². The van der Waals surface area contributed by atoms with Crippen LogP contribution in [0.25, 0.3) is 0 Å². The Morgan fingerprint density at radius 3 is 2.90 bits per heavy atom. The average molecular weight is 274 g/mol. The van der Waals surface area contributed by atoms with Crippen LogP contribution in [0.1, 0.15) is 18.4 Å². The molecule has 2 aliphatic rings. The van der Waals surface area contributed by atoms with E-state index < -0.39 is 0 Å². The van der Waals surface area contributed by atoms with Crippen molar-refractivity contribution in [2.75, 3.05) is 26.2 Å². The van der Waals surface area contributed by atoms with E-state index in [2.05, 4.69) is 17.4 Å². The maximum Gasteiger partial charge on any atom is 0.248 e. The molecule has 0 radical (unpaired) electrons. The second-order valence-electron chi connectivity index (χ2n) is 5.72. The first-order valence-corrected chi connectivity index (χ1v) is 7.47. The summed E-state index contributed by atoms with van der Waals surface area (Å²) in [6, 6.07) is 10.2. The van der Waals surface area contributed by atoms with E-state index in [0.717, 1.165) is 19.6 Å². The third-order valence-electron chi connectivity index (χ3n) is 4.25. The lowest BCUT2D eigenvalue weighted by Gasteiger charge is -2.38. The molecule has 1 N–H and O–H groups in total. The molecule has 4 nitrogen and oxygen atoms in total. The van der Waals surface area contributed by atoms with Gasteiger partial charge in [-0.25, -0.2) is 0 Å². The fourth-order valence-corrected chi connectivity index (χ4v) is 3.08. The fourth-order valence-electron chi connectivity index (χ4n) is 3.08. The summed E-state index contributed by atoms with van der Waals surface area (Å²) in [5.74, 6) is 0.643. The van der Waals surface area contributed by atoms with E-state index in [9.17, 15) is 4.79 Å². The molecule has 20 heavy (non-hydrogen) atoms. The molecule has 0 aliphatic carbocycles. The van der Waals surface area contributed by atoms with E-state index >= 15 is 0 Å². The minimum Gasteiger partial charge on any atom is -0.366 e. The lowest BCUT2D eigenvalue weighted by Crippen LogP contribution is -2.51. The Bertz CT molecular complexity index is 443. The number of carbonyl (C=O) groups excluding carboxylic acids is 1. The Morgan fingerprint density at radius 1 is 1.30 bits per heavy atom. The van der Waals surface area contributed by atoms with Crippen molar-refractivity contribution in [2.45, 2.75) is 25.5 Å². The molecule has 0 saturated carbocycles. The smallest absolute Gasteiger partial charge is 0.248 e. The number of amides is 1. The minimum atomic E-state index is 0.105. The van der Waals surface area contributed by atoms with Crippen LogP contribution in [0.3, 0.4) is 0 Å². The summed E-state index contributed by atoms with van der Waals surface area (Å²) in [6.45, 7) is 3.77. The van der Waals surface area contributed by atoms with Gasteiger partial charge < -0.3 is 15.0 Å². The van der Waals surface area contributed by atoms with Crippen LogP contribution in [0, 0.1) is 5.92 Å². The molecule has 3 rings (SSSR count). The van der Waals surface area contributed by atoms with E-state index in [1.54, 1.807) is 0 Å².